The van der Waals surface area contributed by atoms with E-state index in [-0.39, 0.29) is 5.71 Å². The number of benzene rings is 1. The van der Waals surface area contributed by atoms with Crippen LogP contribution < -0.4 is 10.2 Å². The van der Waals surface area contributed by atoms with Gasteiger partial charge in [0, 0.05) is 60.3 Å². The predicted molar refractivity (Wildman–Crippen MR) is 128 cm³/mol. The Morgan fingerprint density at radius 1 is 1.19 bits per heavy atom. The fraction of sp³-hybridized carbons (Fsp3) is 0.400. The molecule has 3 aliphatic rings. The Morgan fingerprint density at radius 3 is 2.72 bits per heavy atom. The third kappa shape index (κ3) is 4.05. The van der Waals surface area contributed by atoms with Crippen molar-refractivity contribution in [3.63, 3.8) is 0 Å². The zero-order valence-electron chi connectivity index (χ0n) is 18.4. The topological polar surface area (TPSA) is 68.1 Å². The molecule has 2 N–H and O–H groups in total. The number of hydrogen-bond donors (Lipinski definition) is 2. The highest BCUT2D eigenvalue weighted by molar-refractivity contribution is 6.15. The summed E-state index contributed by atoms with van der Waals surface area (Å²) < 4.78 is 14.3. The zero-order chi connectivity index (χ0) is 22.1. The van der Waals surface area contributed by atoms with Crippen molar-refractivity contribution < 1.29 is 4.39 Å². The van der Waals surface area contributed by atoms with Gasteiger partial charge in [-0.25, -0.2) is 14.4 Å². The first-order chi connectivity index (χ1) is 15.6. The molecule has 2 aliphatic heterocycles. The molecule has 1 aliphatic carbocycles. The van der Waals surface area contributed by atoms with Crippen molar-refractivity contribution in [2.75, 3.05) is 37.6 Å². The maximum atomic E-state index is 14.3. The van der Waals surface area contributed by atoms with Gasteiger partial charge in [0.2, 0.25) is 0 Å². The molecular weight excluding hydrogens is 403 g/mol. The molecule has 0 radical (unpaired) electrons. The summed E-state index contributed by atoms with van der Waals surface area (Å²) in [6.07, 6.45) is 10.4. The molecule has 1 aromatic heterocycles. The molecule has 2 fully saturated rings. The number of likely N-dealkylation sites (tertiary alicyclic amines) is 1. The van der Waals surface area contributed by atoms with Crippen molar-refractivity contribution in [3.8, 4) is 0 Å². The van der Waals surface area contributed by atoms with Gasteiger partial charge < -0.3 is 15.1 Å². The third-order valence-corrected chi connectivity index (χ3v) is 6.64. The van der Waals surface area contributed by atoms with Crippen molar-refractivity contribution in [2.45, 2.75) is 32.2 Å². The van der Waals surface area contributed by atoms with Crippen molar-refractivity contribution in [3.05, 3.63) is 60.0 Å². The molecule has 166 valence electrons. The number of aromatic nitrogens is 2. The van der Waals surface area contributed by atoms with E-state index in [2.05, 4.69) is 37.2 Å². The number of halogens is 1. The Balaban J connectivity index is 1.35. The lowest BCUT2D eigenvalue weighted by molar-refractivity contribution is 0.100. The largest absolute Gasteiger partial charge is 0.391 e. The van der Waals surface area contributed by atoms with Gasteiger partial charge in [0.15, 0.2) is 5.82 Å². The van der Waals surface area contributed by atoms with Crippen molar-refractivity contribution in [1.82, 2.24) is 20.2 Å². The smallest absolute Gasteiger partial charge is 0.159 e. The minimum Gasteiger partial charge on any atom is -0.391 e. The molecular formula is C25H29FN6. The van der Waals surface area contributed by atoms with Crippen LogP contribution in [0, 0.1) is 5.41 Å². The Kier molecular flexibility index (Phi) is 5.74. The Hall–Kier alpha value is -3.06. The second-order valence-electron chi connectivity index (χ2n) is 8.67. The van der Waals surface area contributed by atoms with Gasteiger partial charge in [-0.1, -0.05) is 0 Å². The summed E-state index contributed by atoms with van der Waals surface area (Å²) in [7, 11) is 0. The van der Waals surface area contributed by atoms with E-state index in [1.807, 2.05) is 19.2 Å². The monoisotopic (exact) mass is 432 g/mol. The standard InChI is InChI=1S/C25H29FN6/c1-2-28-15-19-12-17(14-22(26)24(19)27)25-29-16-18-13-21(4-5-23(18)30-25)32-10-6-20(7-11-32)31-8-3-9-31/h4-5,12-16,20,27-28H,2-3,6-11H2,1H3/b19-15-,27-24?. The molecule has 0 spiro atoms. The van der Waals surface area contributed by atoms with E-state index < -0.39 is 5.83 Å². The lowest BCUT2D eigenvalue weighted by atomic mass is 9.99. The molecule has 0 amide bonds. The van der Waals surface area contributed by atoms with Crippen molar-refractivity contribution in [2.24, 2.45) is 0 Å². The summed E-state index contributed by atoms with van der Waals surface area (Å²) in [6.45, 7) is 7.35. The lowest BCUT2D eigenvalue weighted by Crippen LogP contribution is -2.50. The molecule has 0 bridgehead atoms. The molecule has 5 rings (SSSR count). The average Bonchev–Trinajstić information content (AvgIpc) is 2.78. The number of anilines is 1. The van der Waals surface area contributed by atoms with E-state index in [4.69, 9.17) is 5.41 Å². The van der Waals surface area contributed by atoms with Crippen molar-refractivity contribution in [1.29, 1.82) is 5.41 Å². The van der Waals surface area contributed by atoms with Crippen LogP contribution in [0.1, 0.15) is 32.0 Å². The first-order valence-corrected chi connectivity index (χ1v) is 11.5. The normalized spacial score (nSPS) is 21.5. The lowest BCUT2D eigenvalue weighted by Gasteiger charge is -2.43. The van der Waals surface area contributed by atoms with E-state index >= 15 is 0 Å². The van der Waals surface area contributed by atoms with Crippen molar-refractivity contribution >= 4 is 27.9 Å². The highest BCUT2D eigenvalue weighted by Crippen LogP contribution is 2.29. The number of fused-ring (bicyclic) bond motifs is 1. The summed E-state index contributed by atoms with van der Waals surface area (Å²) in [5.41, 5.74) is 2.98. The molecule has 3 heterocycles. The van der Waals surface area contributed by atoms with Crippen LogP contribution in [0.2, 0.25) is 0 Å². The molecule has 32 heavy (non-hydrogen) atoms. The number of hydrogen-bond acceptors (Lipinski definition) is 6. The maximum absolute atomic E-state index is 14.3. The highest BCUT2D eigenvalue weighted by atomic mass is 19.1. The SMILES string of the molecule is CCN/C=C1/C=C(c2ncc3cc(N4CCC(N5CCC5)CC4)ccc3n2)C=C(F)C1=N. The van der Waals surface area contributed by atoms with Crippen LogP contribution in [0.25, 0.3) is 16.5 Å². The van der Waals surface area contributed by atoms with Crippen LogP contribution >= 0.6 is 0 Å². The fourth-order valence-electron chi connectivity index (χ4n) is 4.63. The second-order valence-corrected chi connectivity index (χ2v) is 8.67. The highest BCUT2D eigenvalue weighted by Gasteiger charge is 2.28. The van der Waals surface area contributed by atoms with Crippen LogP contribution in [0.4, 0.5) is 10.1 Å². The number of allylic oxidation sites excluding steroid dienone is 5. The number of nitrogens with one attached hydrogen (secondary N) is 2. The summed E-state index contributed by atoms with van der Waals surface area (Å²) in [4.78, 5) is 14.3. The van der Waals surface area contributed by atoms with Crippen LogP contribution in [0.5, 0.6) is 0 Å². The summed E-state index contributed by atoms with van der Waals surface area (Å²) >= 11 is 0. The van der Waals surface area contributed by atoms with Gasteiger partial charge >= 0.3 is 0 Å². The minimum atomic E-state index is -0.577. The van der Waals surface area contributed by atoms with Gasteiger partial charge in [0.1, 0.15) is 5.83 Å². The fourth-order valence-corrected chi connectivity index (χ4v) is 4.63. The van der Waals surface area contributed by atoms with Gasteiger partial charge in [0.05, 0.1) is 11.2 Å². The third-order valence-electron chi connectivity index (χ3n) is 6.64. The van der Waals surface area contributed by atoms with Gasteiger partial charge in [-0.3, -0.25) is 5.41 Å². The molecule has 2 aromatic rings. The molecule has 0 unspecified atom stereocenters. The number of piperidine rings is 1. The van der Waals surface area contributed by atoms with E-state index in [1.165, 1.54) is 44.1 Å². The van der Waals surface area contributed by atoms with Crippen LogP contribution in [-0.2, 0) is 0 Å². The first-order valence-electron chi connectivity index (χ1n) is 11.5. The van der Waals surface area contributed by atoms with Crippen LogP contribution in [0.3, 0.4) is 0 Å². The van der Waals surface area contributed by atoms with E-state index in [0.29, 0.717) is 23.5 Å². The van der Waals surface area contributed by atoms with E-state index in [1.54, 1.807) is 12.3 Å². The average molecular weight is 433 g/mol. The number of rotatable bonds is 5. The predicted octanol–water partition coefficient (Wildman–Crippen LogP) is 4.07. The van der Waals surface area contributed by atoms with Crippen LogP contribution in [0.15, 0.2) is 54.1 Å². The number of nitrogens with zero attached hydrogens (tertiary/aromatic N) is 4. The Morgan fingerprint density at radius 2 is 2.00 bits per heavy atom. The van der Waals surface area contributed by atoms with Gasteiger partial charge in [0.25, 0.3) is 0 Å². The molecule has 1 aromatic carbocycles. The molecule has 7 heteroatoms. The van der Waals surface area contributed by atoms with Gasteiger partial charge in [-0.15, -0.1) is 0 Å². The summed E-state index contributed by atoms with van der Waals surface area (Å²) in [5.74, 6) is -0.113. The quantitative estimate of drug-likeness (QED) is 0.746. The first kappa shape index (κ1) is 20.8. The van der Waals surface area contributed by atoms with E-state index in [0.717, 1.165) is 30.0 Å². The van der Waals surface area contributed by atoms with Gasteiger partial charge in [-0.05, 0) is 69.6 Å². The molecule has 0 saturated carbocycles. The maximum Gasteiger partial charge on any atom is 0.159 e. The summed E-state index contributed by atoms with van der Waals surface area (Å²) in [6, 6.07) is 7.05. The zero-order valence-corrected chi connectivity index (χ0v) is 18.4. The second kappa shape index (κ2) is 8.82. The molecule has 2 saturated heterocycles. The summed E-state index contributed by atoms with van der Waals surface area (Å²) in [5, 5.41) is 12.0. The van der Waals surface area contributed by atoms with E-state index in [9.17, 15) is 4.39 Å². The Bertz CT molecular complexity index is 1120. The van der Waals surface area contributed by atoms with Gasteiger partial charge in [-0.2, -0.15) is 0 Å². The Labute approximate surface area is 188 Å². The molecule has 6 nitrogen and oxygen atoms in total. The van der Waals surface area contributed by atoms with Crippen LogP contribution in [-0.4, -0.2) is 59.3 Å². The molecule has 0 atom stereocenters. The minimum absolute atomic E-state index is 0.127.